The zero-order valence-corrected chi connectivity index (χ0v) is 25.4. The minimum atomic E-state index is -6.10. The van der Waals surface area contributed by atoms with Crippen molar-refractivity contribution in [1.82, 2.24) is 9.55 Å². The van der Waals surface area contributed by atoms with Gasteiger partial charge in [0.15, 0.2) is 6.23 Å². The van der Waals surface area contributed by atoms with E-state index in [2.05, 4.69) is 13.1 Å². The monoisotopic (exact) mass is 550 g/mol. The van der Waals surface area contributed by atoms with E-state index in [-0.39, 0.29) is 88.7 Å². The van der Waals surface area contributed by atoms with Crippen molar-refractivity contribution in [3.05, 3.63) is 33.1 Å². The summed E-state index contributed by atoms with van der Waals surface area (Å²) in [6.07, 6.45) is -5.93. The van der Waals surface area contributed by atoms with Gasteiger partial charge in [0.25, 0.3) is 29.0 Å². The summed E-state index contributed by atoms with van der Waals surface area (Å²) in [5.41, 5.74) is -1.79. The number of nitrogens with zero attached hydrogens (tertiary/aromatic N) is 1. The maximum atomic E-state index is 11.7. The SMILES string of the molecule is O=c1ccn([C@H]2O[C@H](COP(=O)([O-])OP(=O)([O-])OP(=O)([O-])O)[C@@H](O)[C@H]2O)c(=O)[nH]1.[Na+].[Na+].[Na+]. The normalized spacial score (nSPS) is 28.1. The molecule has 1 aliphatic heterocycles. The van der Waals surface area contributed by atoms with E-state index < -0.39 is 65.9 Å². The fourth-order valence-electron chi connectivity index (χ4n) is 2.18. The van der Waals surface area contributed by atoms with Crippen LogP contribution in [0.2, 0.25) is 0 Å². The molecule has 0 saturated carbocycles. The Balaban J connectivity index is 0. The van der Waals surface area contributed by atoms with Crippen LogP contribution in [0.4, 0.5) is 0 Å². The van der Waals surface area contributed by atoms with Gasteiger partial charge in [0.05, 0.1) is 6.61 Å². The first-order valence-corrected chi connectivity index (χ1v) is 11.6. The van der Waals surface area contributed by atoms with Gasteiger partial charge in [-0.1, -0.05) is 0 Å². The zero-order valence-electron chi connectivity index (χ0n) is 16.7. The first-order valence-electron chi connectivity index (χ1n) is 7.16. The summed E-state index contributed by atoms with van der Waals surface area (Å²) < 4.78 is 49.3. The average molecular weight is 550 g/mol. The minimum absolute atomic E-state index is 0. The van der Waals surface area contributed by atoms with Gasteiger partial charge < -0.3 is 39.0 Å². The molecular formula is C9H12N2Na3O15P3. The largest absolute Gasteiger partial charge is 1.00 e. The predicted molar refractivity (Wildman–Crippen MR) is 80.4 cm³/mol. The summed E-state index contributed by atoms with van der Waals surface area (Å²) in [5, 5.41) is 19.8. The fourth-order valence-corrected chi connectivity index (χ4v) is 5.07. The third kappa shape index (κ3) is 10.9. The molecule has 0 aliphatic carbocycles. The van der Waals surface area contributed by atoms with E-state index in [4.69, 9.17) is 9.63 Å². The van der Waals surface area contributed by atoms with Gasteiger partial charge in [-0.15, -0.1) is 0 Å². The summed E-state index contributed by atoms with van der Waals surface area (Å²) in [6.45, 7) is -1.15. The molecule has 0 amide bonds. The number of ether oxygens (including phenoxy) is 1. The molecule has 2 heterocycles. The van der Waals surface area contributed by atoms with E-state index in [0.717, 1.165) is 12.3 Å². The fraction of sp³-hybridized carbons (Fsp3) is 0.556. The number of hydrogen-bond donors (Lipinski definition) is 4. The number of phosphoric acid groups is 3. The second-order valence-electron chi connectivity index (χ2n) is 5.39. The number of aliphatic hydroxyl groups excluding tert-OH is 2. The van der Waals surface area contributed by atoms with E-state index in [1.807, 2.05) is 4.98 Å². The van der Waals surface area contributed by atoms with Crippen LogP contribution in [0.3, 0.4) is 0 Å². The minimum Gasteiger partial charge on any atom is -0.756 e. The van der Waals surface area contributed by atoms with Gasteiger partial charge in [-0.3, -0.25) is 28.0 Å². The van der Waals surface area contributed by atoms with Crippen molar-refractivity contribution < 1.29 is 150 Å². The van der Waals surface area contributed by atoms with Gasteiger partial charge in [-0.25, -0.2) is 13.4 Å². The molecule has 1 saturated heterocycles. The van der Waals surface area contributed by atoms with Gasteiger partial charge in [-0.2, -0.15) is 0 Å². The maximum absolute atomic E-state index is 11.7. The first kappa shape index (κ1) is 36.1. The van der Waals surface area contributed by atoms with Crippen LogP contribution in [0.5, 0.6) is 0 Å². The van der Waals surface area contributed by atoms with Crippen molar-refractivity contribution >= 4 is 23.5 Å². The smallest absolute Gasteiger partial charge is 0.756 e. The Labute approximate surface area is 244 Å². The van der Waals surface area contributed by atoms with E-state index in [9.17, 15) is 48.2 Å². The number of rotatable bonds is 8. The van der Waals surface area contributed by atoms with Crippen molar-refractivity contribution in [2.45, 2.75) is 24.5 Å². The standard InChI is InChI=1S/C9H15N2O15P3.3Na/c12-5-1-2-11(9(15)10-5)8-7(14)6(13)4(24-8)3-23-28(19,20)26-29(21,22)25-27(16,17)18;;;/h1-2,4,6-8,13-14H,3H2,(H,19,20)(H,21,22)(H,10,12,15)(H2,16,17,18);;;/q;3*+1/p-3/t4-,6-,7-,8+;;;/m1.../s1. The summed E-state index contributed by atoms with van der Waals surface area (Å²) in [6, 6.07) is 0.898. The summed E-state index contributed by atoms with van der Waals surface area (Å²) in [4.78, 5) is 65.8. The third-order valence-corrected chi connectivity index (χ3v) is 6.95. The number of aromatic amines is 1. The molecular weight excluding hydrogens is 538 g/mol. The van der Waals surface area contributed by atoms with Crippen molar-refractivity contribution in [3.63, 3.8) is 0 Å². The van der Waals surface area contributed by atoms with E-state index in [1.54, 1.807) is 0 Å². The molecule has 166 valence electrons. The number of aliphatic hydroxyl groups is 2. The van der Waals surface area contributed by atoms with E-state index in [0.29, 0.717) is 4.57 Å². The number of H-pyrrole nitrogens is 1. The number of aromatic nitrogens is 2. The van der Waals surface area contributed by atoms with Crippen LogP contribution in [-0.4, -0.2) is 49.6 Å². The summed E-state index contributed by atoms with van der Waals surface area (Å²) >= 11 is 0. The molecule has 32 heavy (non-hydrogen) atoms. The Hall–Kier alpha value is 1.97. The molecule has 1 fully saturated rings. The van der Waals surface area contributed by atoms with Crippen LogP contribution in [0.25, 0.3) is 0 Å². The van der Waals surface area contributed by atoms with Crippen LogP contribution in [-0.2, 0) is 31.6 Å². The molecule has 1 aliphatic rings. The molecule has 0 spiro atoms. The topological polar surface area (TPSA) is 273 Å². The van der Waals surface area contributed by atoms with Crippen molar-refractivity contribution in [2.75, 3.05) is 6.61 Å². The molecule has 0 radical (unpaired) electrons. The maximum Gasteiger partial charge on any atom is 1.00 e. The van der Waals surface area contributed by atoms with Crippen molar-refractivity contribution in [2.24, 2.45) is 0 Å². The van der Waals surface area contributed by atoms with E-state index >= 15 is 0 Å². The molecule has 17 nitrogen and oxygen atoms in total. The second-order valence-corrected chi connectivity index (χ2v) is 9.68. The Morgan fingerprint density at radius 3 is 2.09 bits per heavy atom. The van der Waals surface area contributed by atoms with Crippen molar-refractivity contribution in [1.29, 1.82) is 0 Å². The average Bonchev–Trinajstić information content (AvgIpc) is 2.78. The summed E-state index contributed by atoms with van der Waals surface area (Å²) in [5.74, 6) is 0. The molecule has 7 atom stereocenters. The molecule has 1 aromatic heterocycles. The second kappa shape index (κ2) is 14.1. The predicted octanol–water partition coefficient (Wildman–Crippen LogP) is -13.4. The molecule has 4 N–H and O–H groups in total. The molecule has 1 aromatic rings. The van der Waals surface area contributed by atoms with Crippen LogP contribution in [0, 0.1) is 0 Å². The zero-order chi connectivity index (χ0) is 22.2. The molecule has 23 heteroatoms. The van der Waals surface area contributed by atoms with Crippen LogP contribution < -0.4 is 115 Å². The molecule has 0 aromatic carbocycles. The Kier molecular flexibility index (Phi) is 15.9. The Morgan fingerprint density at radius 2 is 1.59 bits per heavy atom. The number of phosphoric ester groups is 1. The Bertz CT molecular complexity index is 1010. The van der Waals surface area contributed by atoms with Gasteiger partial charge >= 0.3 is 94.4 Å². The quantitative estimate of drug-likeness (QED) is 0.173. The van der Waals surface area contributed by atoms with Crippen molar-refractivity contribution in [3.8, 4) is 0 Å². The van der Waals surface area contributed by atoms with Crippen LogP contribution in [0.15, 0.2) is 21.9 Å². The van der Waals surface area contributed by atoms with Crippen LogP contribution >= 0.6 is 23.5 Å². The van der Waals surface area contributed by atoms with Gasteiger partial charge in [-0.05, 0) is 0 Å². The Morgan fingerprint density at radius 1 is 1.03 bits per heavy atom. The molecule has 2 rings (SSSR count). The molecule has 3 unspecified atom stereocenters. The molecule has 0 bridgehead atoms. The third-order valence-electron chi connectivity index (χ3n) is 3.26. The first-order chi connectivity index (χ1) is 13.1. The van der Waals surface area contributed by atoms with Crippen LogP contribution in [0.1, 0.15) is 6.23 Å². The number of hydrogen-bond acceptors (Lipinski definition) is 14. The van der Waals surface area contributed by atoms with E-state index in [1.165, 1.54) is 0 Å². The van der Waals surface area contributed by atoms with Gasteiger partial charge in [0.2, 0.25) is 0 Å². The summed E-state index contributed by atoms with van der Waals surface area (Å²) in [7, 11) is -17.8. The van der Waals surface area contributed by atoms with Gasteiger partial charge in [0.1, 0.15) is 18.3 Å². The number of nitrogens with one attached hydrogen (secondary N) is 1. The van der Waals surface area contributed by atoms with Gasteiger partial charge in [0, 0.05) is 12.3 Å².